The fourth-order valence-corrected chi connectivity index (χ4v) is 6.69. The van der Waals surface area contributed by atoms with Gasteiger partial charge in [-0.15, -0.1) is 0 Å². The van der Waals surface area contributed by atoms with E-state index in [1.165, 1.54) is 11.1 Å². The summed E-state index contributed by atoms with van der Waals surface area (Å²) in [6.07, 6.45) is 2.17. The Bertz CT molecular complexity index is 823. The highest BCUT2D eigenvalue weighted by Gasteiger charge is 2.77. The lowest BCUT2D eigenvalue weighted by Gasteiger charge is -2.76. The van der Waals surface area contributed by atoms with Gasteiger partial charge in [-0.2, -0.15) is 4.21 Å². The van der Waals surface area contributed by atoms with Crippen LogP contribution in [0.4, 0.5) is 0 Å². The van der Waals surface area contributed by atoms with Crippen LogP contribution in [0.1, 0.15) is 24.0 Å². The minimum absolute atomic E-state index is 0.0313. The topological polar surface area (TPSA) is 54.0 Å². The molecule has 148 valence electrons. The summed E-state index contributed by atoms with van der Waals surface area (Å²) >= 11 is -1.66. The third-order valence-electron chi connectivity index (χ3n) is 7.36. The molecule has 5 atom stereocenters. The Kier molecular flexibility index (Phi) is 4.27. The van der Waals surface area contributed by atoms with E-state index in [-0.39, 0.29) is 22.7 Å². The molecule has 0 aromatic heterocycles. The third kappa shape index (κ3) is 2.22. The first-order valence-electron chi connectivity index (χ1n) is 9.63. The molecule has 0 N–H and O–H groups in total. The normalized spacial score (nSPS) is 36.1. The Balaban J connectivity index is 1.62. The van der Waals surface area contributed by atoms with Crippen LogP contribution in [0.25, 0.3) is 0 Å². The molecular formula is C22H24O5S. The number of benzene rings is 2. The number of hydrogen-bond acceptors (Lipinski definition) is 5. The van der Waals surface area contributed by atoms with Gasteiger partial charge in [-0.25, -0.2) is 0 Å². The number of rotatable bonds is 4. The van der Waals surface area contributed by atoms with Crippen molar-refractivity contribution in [3.63, 3.8) is 0 Å². The van der Waals surface area contributed by atoms with Crippen molar-refractivity contribution < 1.29 is 22.0 Å². The maximum Gasteiger partial charge on any atom is 0.304 e. The summed E-state index contributed by atoms with van der Waals surface area (Å²) in [7, 11) is 3.37. The smallest absolute Gasteiger partial charge is 0.304 e. The second-order valence-electron chi connectivity index (χ2n) is 7.89. The second-order valence-corrected chi connectivity index (χ2v) is 8.77. The summed E-state index contributed by atoms with van der Waals surface area (Å²) in [6.45, 7) is 0.919. The van der Waals surface area contributed by atoms with Crippen LogP contribution in [-0.4, -0.2) is 31.6 Å². The molecule has 0 spiro atoms. The van der Waals surface area contributed by atoms with E-state index in [0.717, 1.165) is 24.3 Å². The first-order valence-corrected chi connectivity index (χ1v) is 10.6. The Hall–Kier alpha value is -1.89. The summed E-state index contributed by atoms with van der Waals surface area (Å²) in [6, 6.07) is 16.8. The molecule has 3 fully saturated rings. The molecule has 1 heterocycles. The molecular weight excluding hydrogens is 376 g/mol. The van der Waals surface area contributed by atoms with E-state index in [2.05, 4.69) is 24.3 Å². The molecule has 1 saturated heterocycles. The number of hydrogen-bond donors (Lipinski definition) is 0. The van der Waals surface area contributed by atoms with Crippen LogP contribution in [0.3, 0.4) is 0 Å². The Morgan fingerprint density at radius 3 is 1.50 bits per heavy atom. The largest absolute Gasteiger partial charge is 0.497 e. The highest BCUT2D eigenvalue weighted by atomic mass is 32.2. The summed E-state index contributed by atoms with van der Waals surface area (Å²) < 4.78 is 33.6. The van der Waals surface area contributed by atoms with E-state index in [0.29, 0.717) is 13.2 Å². The van der Waals surface area contributed by atoms with E-state index in [1.807, 2.05) is 24.3 Å². The molecule has 2 aromatic carbocycles. The van der Waals surface area contributed by atoms with Gasteiger partial charge in [-0.3, -0.25) is 8.37 Å². The minimum Gasteiger partial charge on any atom is -0.497 e. The predicted molar refractivity (Wildman–Crippen MR) is 106 cm³/mol. The first-order chi connectivity index (χ1) is 13.7. The fourth-order valence-electron chi connectivity index (χ4n) is 6.10. The molecule has 5 nitrogen and oxygen atoms in total. The lowest BCUT2D eigenvalue weighted by atomic mass is 9.26. The van der Waals surface area contributed by atoms with Gasteiger partial charge >= 0.3 is 11.4 Å². The molecule has 2 aliphatic carbocycles. The average Bonchev–Trinajstić information content (AvgIpc) is 2.90. The SMILES string of the molecule is COc1ccc([C@]23CC[C@@]2(c2ccc(OC)cc2)[C@@H]2COS(=O)OC[C@@H]23)cc1. The first kappa shape index (κ1) is 18.2. The average molecular weight is 400 g/mol. The van der Waals surface area contributed by atoms with Crippen LogP contribution >= 0.6 is 0 Å². The summed E-state index contributed by atoms with van der Waals surface area (Å²) in [5.41, 5.74) is 2.54. The van der Waals surface area contributed by atoms with Gasteiger partial charge in [-0.05, 0) is 48.2 Å². The molecule has 0 bridgehead atoms. The number of ether oxygens (including phenoxy) is 2. The van der Waals surface area contributed by atoms with Gasteiger partial charge < -0.3 is 9.47 Å². The fraction of sp³-hybridized carbons (Fsp3) is 0.455. The van der Waals surface area contributed by atoms with Crippen LogP contribution in [-0.2, 0) is 30.6 Å². The van der Waals surface area contributed by atoms with Crippen LogP contribution in [0.2, 0.25) is 0 Å². The van der Waals surface area contributed by atoms with Gasteiger partial charge in [0.2, 0.25) is 0 Å². The van der Waals surface area contributed by atoms with Crippen molar-refractivity contribution in [2.45, 2.75) is 23.7 Å². The minimum atomic E-state index is -1.66. The number of fused-ring (bicyclic) bond motifs is 4. The zero-order valence-corrected chi connectivity index (χ0v) is 16.9. The van der Waals surface area contributed by atoms with Crippen molar-refractivity contribution >= 4 is 11.4 Å². The standard InChI is InChI=1S/C22H24O5S/c1-24-17-7-3-15(4-8-17)21-11-12-22(21,16-5-9-18(25-2)10-6-16)20-14-27-28(23)26-13-19(20)21/h3-10,19-20H,11-14H2,1-2H3/t19-,20+,21-,22+,28?. The Morgan fingerprint density at radius 1 is 0.786 bits per heavy atom. The number of methoxy groups -OCH3 is 2. The van der Waals surface area contributed by atoms with E-state index >= 15 is 0 Å². The molecule has 5 rings (SSSR count). The van der Waals surface area contributed by atoms with Gasteiger partial charge in [0.25, 0.3) is 0 Å². The van der Waals surface area contributed by atoms with Gasteiger partial charge in [0, 0.05) is 22.7 Å². The third-order valence-corrected chi connectivity index (χ3v) is 8.02. The van der Waals surface area contributed by atoms with E-state index in [1.54, 1.807) is 14.2 Å². The summed E-state index contributed by atoms with van der Waals surface area (Å²) in [4.78, 5) is 0. The van der Waals surface area contributed by atoms with Crippen molar-refractivity contribution in [3.8, 4) is 11.5 Å². The molecule has 1 unspecified atom stereocenters. The van der Waals surface area contributed by atoms with Crippen LogP contribution in [0.15, 0.2) is 48.5 Å². The second kappa shape index (κ2) is 6.58. The van der Waals surface area contributed by atoms with Crippen molar-refractivity contribution in [1.82, 2.24) is 0 Å². The van der Waals surface area contributed by atoms with Crippen molar-refractivity contribution in [3.05, 3.63) is 59.7 Å². The molecule has 28 heavy (non-hydrogen) atoms. The highest BCUT2D eigenvalue weighted by Crippen LogP contribution is 2.77. The molecule has 0 radical (unpaired) electrons. The molecule has 0 amide bonds. The van der Waals surface area contributed by atoms with Crippen molar-refractivity contribution in [1.29, 1.82) is 0 Å². The molecule has 2 saturated carbocycles. The van der Waals surface area contributed by atoms with Gasteiger partial charge in [-0.1, -0.05) is 24.3 Å². The van der Waals surface area contributed by atoms with Crippen LogP contribution in [0, 0.1) is 11.8 Å². The zero-order valence-electron chi connectivity index (χ0n) is 16.1. The van der Waals surface area contributed by atoms with Crippen molar-refractivity contribution in [2.75, 3.05) is 27.4 Å². The van der Waals surface area contributed by atoms with Crippen molar-refractivity contribution in [2.24, 2.45) is 11.8 Å². The molecule has 6 heteroatoms. The van der Waals surface area contributed by atoms with E-state index in [4.69, 9.17) is 17.8 Å². The summed E-state index contributed by atoms with van der Waals surface area (Å²) in [5, 5.41) is 0. The highest BCUT2D eigenvalue weighted by molar-refractivity contribution is 7.75. The predicted octanol–water partition coefficient (Wildman–Crippen LogP) is 3.54. The summed E-state index contributed by atoms with van der Waals surface area (Å²) in [5.74, 6) is 2.27. The molecule has 3 aliphatic rings. The monoisotopic (exact) mass is 400 g/mol. The van der Waals surface area contributed by atoms with Gasteiger partial charge in [0.1, 0.15) is 11.5 Å². The van der Waals surface area contributed by atoms with E-state index in [9.17, 15) is 4.21 Å². The Labute approximate surface area is 167 Å². The zero-order chi connectivity index (χ0) is 19.4. The lowest BCUT2D eigenvalue weighted by Crippen LogP contribution is -2.78. The molecule has 1 aliphatic heterocycles. The molecule has 2 aromatic rings. The lowest BCUT2D eigenvalue weighted by molar-refractivity contribution is -0.184. The van der Waals surface area contributed by atoms with Crippen LogP contribution in [0.5, 0.6) is 11.5 Å². The Morgan fingerprint density at radius 2 is 1.18 bits per heavy atom. The van der Waals surface area contributed by atoms with Gasteiger partial charge in [0.05, 0.1) is 27.4 Å². The van der Waals surface area contributed by atoms with Crippen LogP contribution < -0.4 is 9.47 Å². The quantitative estimate of drug-likeness (QED) is 0.786. The maximum absolute atomic E-state index is 11.9. The van der Waals surface area contributed by atoms with Gasteiger partial charge in [0.15, 0.2) is 0 Å². The maximum atomic E-state index is 11.9. The van der Waals surface area contributed by atoms with E-state index < -0.39 is 11.4 Å².